The van der Waals surface area contributed by atoms with Gasteiger partial charge in [-0.3, -0.25) is 0 Å². The van der Waals surface area contributed by atoms with Gasteiger partial charge in [0.15, 0.2) is 0 Å². The summed E-state index contributed by atoms with van der Waals surface area (Å²) in [5, 5.41) is 0. The quantitative estimate of drug-likeness (QED) is 0.500. The first kappa shape index (κ1) is 16.1. The van der Waals surface area contributed by atoms with Gasteiger partial charge >= 0.3 is 0 Å². The molecular weight excluding hydrogens is 260 g/mol. The Morgan fingerprint density at radius 1 is 1.29 bits per heavy atom. The smallest absolute Gasteiger partial charge is 0.119 e. The van der Waals surface area contributed by atoms with Crippen LogP contribution in [0, 0.1) is 0 Å². The van der Waals surface area contributed by atoms with Crippen molar-refractivity contribution in [3.8, 4) is 5.75 Å². The Bertz CT molecular complexity index is 475. The van der Waals surface area contributed by atoms with Gasteiger partial charge in [0, 0.05) is 0 Å². The van der Waals surface area contributed by atoms with Gasteiger partial charge in [-0.2, -0.15) is 0 Å². The lowest BCUT2D eigenvalue weighted by atomic mass is 9.99. The summed E-state index contributed by atoms with van der Waals surface area (Å²) in [5.74, 6) is 0.945. The highest BCUT2D eigenvalue weighted by molar-refractivity contribution is 5.27. The van der Waals surface area contributed by atoms with Crippen molar-refractivity contribution < 1.29 is 9.47 Å². The van der Waals surface area contributed by atoms with Gasteiger partial charge in [0.1, 0.15) is 12.4 Å². The fraction of sp³-hybridized carbons (Fsp3) is 0.579. The average molecular weight is 288 g/mol. The molecule has 1 aliphatic heterocycles. The number of ether oxygens (including phenoxy) is 2. The molecule has 116 valence electrons. The molecule has 0 spiro atoms. The van der Waals surface area contributed by atoms with Crippen LogP contribution in [0.5, 0.6) is 5.75 Å². The molecule has 0 saturated carbocycles. The predicted octanol–water partition coefficient (Wildman–Crippen LogP) is 4.92. The molecule has 21 heavy (non-hydrogen) atoms. The monoisotopic (exact) mass is 288 g/mol. The van der Waals surface area contributed by atoms with Crippen LogP contribution in [0.1, 0.15) is 52.5 Å². The van der Waals surface area contributed by atoms with E-state index in [4.69, 9.17) is 9.47 Å². The molecule has 1 fully saturated rings. The van der Waals surface area contributed by atoms with E-state index in [0.29, 0.717) is 12.7 Å². The highest BCUT2D eigenvalue weighted by atomic mass is 16.6. The Kier molecular flexibility index (Phi) is 5.46. The number of hydrogen-bond donors (Lipinski definition) is 0. The molecular formula is C19H28O2. The minimum absolute atomic E-state index is 0.151. The van der Waals surface area contributed by atoms with E-state index in [1.54, 1.807) is 0 Å². The number of allylic oxidation sites excluding steroid dienone is 1. The lowest BCUT2D eigenvalue weighted by molar-refractivity contribution is 0.300. The predicted molar refractivity (Wildman–Crippen MR) is 87.9 cm³/mol. The standard InChI is InChI=1S/C19H28O2/c1-5-16-8-10-17(11-9-16)20-14-13-15(3)7-12-18-19(4,6-2)21-18/h8-11,13,18H,5-7,12,14H2,1-4H3/b15-13-/t18-,19-/m1/s1. The summed E-state index contributed by atoms with van der Waals surface area (Å²) in [6.07, 6.45) is 7.03. The minimum Gasteiger partial charge on any atom is -0.490 e. The zero-order valence-corrected chi connectivity index (χ0v) is 13.8. The van der Waals surface area contributed by atoms with E-state index >= 15 is 0 Å². The van der Waals surface area contributed by atoms with Crippen LogP contribution in [0.3, 0.4) is 0 Å². The molecule has 2 heteroatoms. The van der Waals surface area contributed by atoms with E-state index in [1.165, 1.54) is 11.1 Å². The van der Waals surface area contributed by atoms with Gasteiger partial charge in [-0.15, -0.1) is 0 Å². The molecule has 1 aromatic rings. The molecule has 0 N–H and O–H groups in total. The molecule has 0 bridgehead atoms. The zero-order chi connectivity index (χ0) is 15.3. The molecule has 0 aromatic heterocycles. The van der Waals surface area contributed by atoms with Crippen molar-refractivity contribution in [2.24, 2.45) is 0 Å². The number of benzene rings is 1. The van der Waals surface area contributed by atoms with E-state index in [0.717, 1.165) is 31.4 Å². The van der Waals surface area contributed by atoms with Crippen LogP contribution in [-0.4, -0.2) is 18.3 Å². The molecule has 1 saturated heterocycles. The third-order valence-corrected chi connectivity index (χ3v) is 4.55. The summed E-state index contributed by atoms with van der Waals surface area (Å²) in [4.78, 5) is 0. The van der Waals surface area contributed by atoms with Gasteiger partial charge in [0.25, 0.3) is 0 Å². The van der Waals surface area contributed by atoms with Crippen molar-refractivity contribution >= 4 is 0 Å². The van der Waals surface area contributed by atoms with Gasteiger partial charge in [-0.1, -0.05) is 31.6 Å². The Morgan fingerprint density at radius 3 is 2.57 bits per heavy atom. The third kappa shape index (κ3) is 4.60. The van der Waals surface area contributed by atoms with Crippen LogP contribution < -0.4 is 4.74 Å². The normalized spacial score (nSPS) is 25.0. The van der Waals surface area contributed by atoms with Gasteiger partial charge in [0.05, 0.1) is 11.7 Å². The second kappa shape index (κ2) is 7.13. The summed E-state index contributed by atoms with van der Waals surface area (Å²) in [6.45, 7) is 9.39. The lowest BCUT2D eigenvalue weighted by Crippen LogP contribution is -2.07. The first-order valence-electron chi connectivity index (χ1n) is 8.12. The molecule has 0 amide bonds. The maximum Gasteiger partial charge on any atom is 0.119 e. The van der Waals surface area contributed by atoms with Crippen molar-refractivity contribution in [1.82, 2.24) is 0 Å². The van der Waals surface area contributed by atoms with Crippen LogP contribution >= 0.6 is 0 Å². The van der Waals surface area contributed by atoms with E-state index in [-0.39, 0.29) is 5.60 Å². The first-order valence-corrected chi connectivity index (χ1v) is 8.12. The summed E-state index contributed by atoms with van der Waals surface area (Å²) < 4.78 is 11.5. The lowest BCUT2D eigenvalue weighted by Gasteiger charge is -2.06. The first-order chi connectivity index (χ1) is 10.1. The van der Waals surface area contributed by atoms with Crippen LogP contribution in [0.25, 0.3) is 0 Å². The third-order valence-electron chi connectivity index (χ3n) is 4.55. The topological polar surface area (TPSA) is 21.8 Å². The van der Waals surface area contributed by atoms with E-state index in [9.17, 15) is 0 Å². The van der Waals surface area contributed by atoms with Crippen molar-refractivity contribution in [2.45, 2.75) is 65.1 Å². The van der Waals surface area contributed by atoms with E-state index < -0.39 is 0 Å². The highest BCUT2D eigenvalue weighted by Crippen LogP contribution is 2.42. The molecule has 0 aliphatic carbocycles. The Morgan fingerprint density at radius 2 is 2.00 bits per heavy atom. The molecule has 0 radical (unpaired) electrons. The van der Waals surface area contributed by atoms with Crippen molar-refractivity contribution in [2.75, 3.05) is 6.61 Å². The van der Waals surface area contributed by atoms with Crippen LogP contribution in [0.2, 0.25) is 0 Å². The Labute approximate surface area is 129 Å². The van der Waals surface area contributed by atoms with Crippen LogP contribution in [0.4, 0.5) is 0 Å². The molecule has 0 unspecified atom stereocenters. The minimum atomic E-state index is 0.151. The fourth-order valence-electron chi connectivity index (χ4n) is 2.53. The van der Waals surface area contributed by atoms with E-state index in [2.05, 4.69) is 45.9 Å². The summed E-state index contributed by atoms with van der Waals surface area (Å²) in [6, 6.07) is 8.35. The van der Waals surface area contributed by atoms with Crippen LogP contribution in [0.15, 0.2) is 35.9 Å². The highest BCUT2D eigenvalue weighted by Gasteiger charge is 2.49. The molecule has 2 rings (SSSR count). The van der Waals surface area contributed by atoms with Gasteiger partial charge < -0.3 is 9.47 Å². The summed E-state index contributed by atoms with van der Waals surface area (Å²) >= 11 is 0. The van der Waals surface area contributed by atoms with Crippen molar-refractivity contribution in [3.05, 3.63) is 41.5 Å². The SMILES string of the molecule is CCc1ccc(OC/C=C(/C)CC[C@H]2O[C@]2(C)CC)cc1. The van der Waals surface area contributed by atoms with Crippen LogP contribution in [-0.2, 0) is 11.2 Å². The van der Waals surface area contributed by atoms with Crippen molar-refractivity contribution in [3.63, 3.8) is 0 Å². The van der Waals surface area contributed by atoms with Gasteiger partial charge in [0.2, 0.25) is 0 Å². The maximum absolute atomic E-state index is 5.75. The van der Waals surface area contributed by atoms with E-state index in [1.807, 2.05) is 12.1 Å². The summed E-state index contributed by atoms with van der Waals surface area (Å²) in [7, 11) is 0. The average Bonchev–Trinajstić information content (AvgIpc) is 3.17. The number of epoxide rings is 1. The fourth-order valence-corrected chi connectivity index (χ4v) is 2.53. The molecule has 1 aromatic carbocycles. The largest absolute Gasteiger partial charge is 0.490 e. The Hall–Kier alpha value is -1.28. The number of hydrogen-bond acceptors (Lipinski definition) is 2. The molecule has 1 aliphatic rings. The Balaban J connectivity index is 1.68. The summed E-state index contributed by atoms with van der Waals surface area (Å²) in [5.41, 5.74) is 2.88. The van der Waals surface area contributed by atoms with Gasteiger partial charge in [-0.05, 0) is 63.3 Å². The second-order valence-corrected chi connectivity index (χ2v) is 6.17. The number of rotatable bonds is 8. The maximum atomic E-state index is 5.75. The number of aryl methyl sites for hydroxylation is 1. The second-order valence-electron chi connectivity index (χ2n) is 6.17. The molecule has 1 heterocycles. The zero-order valence-electron chi connectivity index (χ0n) is 13.8. The van der Waals surface area contributed by atoms with Gasteiger partial charge in [-0.25, -0.2) is 0 Å². The van der Waals surface area contributed by atoms with Crippen molar-refractivity contribution in [1.29, 1.82) is 0 Å². The molecule has 2 nitrogen and oxygen atoms in total. The molecule has 2 atom stereocenters.